The number of alkyl halides is 1. The second-order valence-corrected chi connectivity index (χ2v) is 3.88. The van der Waals surface area contributed by atoms with Crippen LogP contribution in [0, 0.1) is 6.92 Å². The predicted molar refractivity (Wildman–Crippen MR) is 59.7 cm³/mol. The van der Waals surface area contributed by atoms with E-state index in [0.29, 0.717) is 12.2 Å². The van der Waals surface area contributed by atoms with Crippen molar-refractivity contribution in [2.45, 2.75) is 6.92 Å². The smallest absolute Gasteiger partial charge is 0.272 e. The van der Waals surface area contributed by atoms with Crippen LogP contribution in [0.15, 0.2) is 18.3 Å². The van der Waals surface area contributed by atoms with Crippen LogP contribution in [0.5, 0.6) is 0 Å². The summed E-state index contributed by atoms with van der Waals surface area (Å²) in [5, 5.41) is 0.779. The summed E-state index contributed by atoms with van der Waals surface area (Å²) in [7, 11) is 1.78. The Morgan fingerprint density at radius 1 is 1.64 bits per heavy atom. The highest BCUT2D eigenvalue weighted by Gasteiger charge is 2.13. The third-order valence-corrected chi connectivity index (χ3v) is 2.33. The first-order valence-corrected chi connectivity index (χ1v) is 5.52. The van der Waals surface area contributed by atoms with Gasteiger partial charge in [-0.15, -0.1) is 0 Å². The van der Waals surface area contributed by atoms with E-state index in [1.165, 1.54) is 0 Å². The lowest BCUT2D eigenvalue weighted by atomic mass is 10.2. The summed E-state index contributed by atoms with van der Waals surface area (Å²) in [6.07, 6.45) is 1.64. The molecular formula is C10H13BrN2O. The summed E-state index contributed by atoms with van der Waals surface area (Å²) in [5.41, 5.74) is 1.45. The van der Waals surface area contributed by atoms with Crippen molar-refractivity contribution in [2.24, 2.45) is 0 Å². The molecule has 14 heavy (non-hydrogen) atoms. The Morgan fingerprint density at radius 3 is 2.93 bits per heavy atom. The maximum atomic E-state index is 11.8. The summed E-state index contributed by atoms with van der Waals surface area (Å²) < 4.78 is 0. The Bertz CT molecular complexity index is 328. The molecule has 0 bridgehead atoms. The molecule has 0 saturated heterocycles. The lowest BCUT2D eigenvalue weighted by Gasteiger charge is -2.15. The van der Waals surface area contributed by atoms with Crippen LogP contribution in [0.2, 0.25) is 0 Å². The van der Waals surface area contributed by atoms with E-state index in [9.17, 15) is 4.79 Å². The monoisotopic (exact) mass is 256 g/mol. The average Bonchev–Trinajstić information content (AvgIpc) is 2.18. The van der Waals surface area contributed by atoms with Crippen LogP contribution in [0.4, 0.5) is 0 Å². The number of carbonyl (C=O) groups is 1. The minimum absolute atomic E-state index is 0.0254. The van der Waals surface area contributed by atoms with E-state index in [0.717, 1.165) is 10.9 Å². The van der Waals surface area contributed by atoms with Crippen molar-refractivity contribution in [1.82, 2.24) is 9.88 Å². The van der Waals surface area contributed by atoms with Gasteiger partial charge in [-0.05, 0) is 18.6 Å². The van der Waals surface area contributed by atoms with Crippen LogP contribution in [-0.4, -0.2) is 34.7 Å². The first-order chi connectivity index (χ1) is 6.66. The minimum atomic E-state index is -0.0254. The third kappa shape index (κ3) is 2.54. The van der Waals surface area contributed by atoms with Gasteiger partial charge in [0.25, 0.3) is 5.91 Å². The van der Waals surface area contributed by atoms with E-state index in [2.05, 4.69) is 20.9 Å². The standard InChI is InChI=1S/C10H13BrN2O/c1-8-4-3-6-12-9(8)10(14)13(2)7-5-11/h3-4,6H,5,7H2,1-2H3. The van der Waals surface area contributed by atoms with Crippen molar-refractivity contribution in [3.05, 3.63) is 29.6 Å². The molecule has 0 fully saturated rings. The zero-order valence-electron chi connectivity index (χ0n) is 8.33. The molecule has 0 N–H and O–H groups in total. The molecule has 1 aromatic rings. The van der Waals surface area contributed by atoms with Crippen LogP contribution in [0.1, 0.15) is 16.1 Å². The van der Waals surface area contributed by atoms with Crippen LogP contribution in [0.3, 0.4) is 0 Å². The zero-order valence-corrected chi connectivity index (χ0v) is 9.91. The van der Waals surface area contributed by atoms with Crippen LogP contribution in [0.25, 0.3) is 0 Å². The fraction of sp³-hybridized carbons (Fsp3) is 0.400. The number of aryl methyl sites for hydroxylation is 1. The van der Waals surface area contributed by atoms with E-state index in [4.69, 9.17) is 0 Å². The van der Waals surface area contributed by atoms with Crippen LogP contribution < -0.4 is 0 Å². The molecule has 4 heteroatoms. The summed E-state index contributed by atoms with van der Waals surface area (Å²) in [6, 6.07) is 3.72. The molecule has 1 heterocycles. The molecule has 76 valence electrons. The highest BCUT2D eigenvalue weighted by atomic mass is 79.9. The van der Waals surface area contributed by atoms with Gasteiger partial charge in [-0.1, -0.05) is 22.0 Å². The van der Waals surface area contributed by atoms with Crippen molar-refractivity contribution in [3.8, 4) is 0 Å². The molecule has 0 aliphatic rings. The Hall–Kier alpha value is -0.900. The number of carbonyl (C=O) groups excluding carboxylic acids is 1. The van der Waals surface area contributed by atoms with Gasteiger partial charge >= 0.3 is 0 Å². The molecule has 1 rings (SSSR count). The number of amides is 1. The summed E-state index contributed by atoms with van der Waals surface area (Å²) in [4.78, 5) is 17.5. The number of rotatable bonds is 3. The van der Waals surface area contributed by atoms with Gasteiger partial charge in [-0.2, -0.15) is 0 Å². The maximum Gasteiger partial charge on any atom is 0.272 e. The molecule has 3 nitrogen and oxygen atoms in total. The summed E-state index contributed by atoms with van der Waals surface area (Å²) in [5.74, 6) is -0.0254. The molecule has 0 atom stereocenters. The van der Waals surface area contributed by atoms with Crippen molar-refractivity contribution in [3.63, 3.8) is 0 Å². The van der Waals surface area contributed by atoms with Gasteiger partial charge in [0.2, 0.25) is 0 Å². The molecule has 0 radical (unpaired) electrons. The number of aromatic nitrogens is 1. The average molecular weight is 257 g/mol. The highest BCUT2D eigenvalue weighted by molar-refractivity contribution is 9.09. The second-order valence-electron chi connectivity index (χ2n) is 3.08. The van der Waals surface area contributed by atoms with Gasteiger partial charge in [0.15, 0.2) is 0 Å². The molecular weight excluding hydrogens is 244 g/mol. The van der Waals surface area contributed by atoms with E-state index < -0.39 is 0 Å². The van der Waals surface area contributed by atoms with Gasteiger partial charge in [-0.25, -0.2) is 0 Å². The molecule has 0 saturated carbocycles. The molecule has 1 amide bonds. The maximum absolute atomic E-state index is 11.8. The highest BCUT2D eigenvalue weighted by Crippen LogP contribution is 2.06. The van der Waals surface area contributed by atoms with Crippen LogP contribution >= 0.6 is 15.9 Å². The fourth-order valence-electron chi connectivity index (χ4n) is 1.12. The first kappa shape index (κ1) is 11.2. The molecule has 1 aromatic heterocycles. The van der Waals surface area contributed by atoms with Crippen LogP contribution in [-0.2, 0) is 0 Å². The number of hydrogen-bond donors (Lipinski definition) is 0. The van der Waals surface area contributed by atoms with E-state index in [1.807, 2.05) is 19.1 Å². The van der Waals surface area contributed by atoms with Crippen molar-refractivity contribution < 1.29 is 4.79 Å². The van der Waals surface area contributed by atoms with Gasteiger partial charge in [-0.3, -0.25) is 9.78 Å². The van der Waals surface area contributed by atoms with E-state index in [1.54, 1.807) is 18.1 Å². The second kappa shape index (κ2) is 5.10. The molecule has 0 spiro atoms. The lowest BCUT2D eigenvalue weighted by Crippen LogP contribution is -2.29. The number of halogens is 1. The van der Waals surface area contributed by atoms with Crippen molar-refractivity contribution >= 4 is 21.8 Å². The Labute approximate surface area is 92.3 Å². The summed E-state index contributed by atoms with van der Waals surface area (Å²) in [6.45, 7) is 2.58. The Balaban J connectivity index is 2.84. The number of hydrogen-bond acceptors (Lipinski definition) is 2. The van der Waals surface area contributed by atoms with Gasteiger partial charge < -0.3 is 4.90 Å². The largest absolute Gasteiger partial charge is 0.340 e. The predicted octanol–water partition coefficient (Wildman–Crippen LogP) is 1.86. The number of nitrogens with zero attached hydrogens (tertiary/aromatic N) is 2. The quantitative estimate of drug-likeness (QED) is 0.774. The molecule has 0 aliphatic carbocycles. The van der Waals surface area contributed by atoms with Crippen molar-refractivity contribution in [1.29, 1.82) is 0 Å². The molecule has 0 aromatic carbocycles. The van der Waals surface area contributed by atoms with E-state index >= 15 is 0 Å². The lowest BCUT2D eigenvalue weighted by molar-refractivity contribution is 0.0797. The van der Waals surface area contributed by atoms with E-state index in [-0.39, 0.29) is 5.91 Å². The zero-order chi connectivity index (χ0) is 10.6. The SMILES string of the molecule is Cc1cccnc1C(=O)N(C)CCBr. The van der Waals surface area contributed by atoms with Gasteiger partial charge in [0, 0.05) is 25.1 Å². The normalized spacial score (nSPS) is 9.93. The van der Waals surface area contributed by atoms with Gasteiger partial charge in [0.1, 0.15) is 5.69 Å². The Morgan fingerprint density at radius 2 is 2.36 bits per heavy atom. The molecule has 0 unspecified atom stereocenters. The topological polar surface area (TPSA) is 33.2 Å². The first-order valence-electron chi connectivity index (χ1n) is 4.40. The summed E-state index contributed by atoms with van der Waals surface area (Å²) >= 11 is 3.30. The molecule has 0 aliphatic heterocycles. The Kier molecular flexibility index (Phi) is 4.07. The van der Waals surface area contributed by atoms with Gasteiger partial charge in [0.05, 0.1) is 0 Å². The van der Waals surface area contributed by atoms with Crippen molar-refractivity contribution in [2.75, 3.05) is 18.9 Å². The minimum Gasteiger partial charge on any atom is -0.340 e. The fourth-order valence-corrected chi connectivity index (χ4v) is 1.65. The third-order valence-electron chi connectivity index (χ3n) is 1.98. The number of pyridine rings is 1.